The number of nitrogens with one attached hydrogen (secondary N) is 6. The van der Waals surface area contributed by atoms with Gasteiger partial charge in [0.05, 0.1) is 12.6 Å². The van der Waals surface area contributed by atoms with Crippen LogP contribution >= 0.6 is 0 Å². The molecule has 52 heavy (non-hydrogen) atoms. The fraction of sp³-hybridized carbons (Fsp3) is 0.806. The van der Waals surface area contributed by atoms with Crippen molar-refractivity contribution in [1.82, 2.24) is 31.9 Å². The van der Waals surface area contributed by atoms with Crippen LogP contribution in [0.5, 0.6) is 0 Å². The van der Waals surface area contributed by atoms with Crippen molar-refractivity contribution < 1.29 is 48.1 Å². The van der Waals surface area contributed by atoms with Gasteiger partial charge in [0.1, 0.15) is 30.3 Å². The molecule has 1 saturated heterocycles. The monoisotopic (exact) mass is 738 g/mol. The minimum atomic E-state index is -1.69. The van der Waals surface area contributed by atoms with Gasteiger partial charge in [-0.2, -0.15) is 0 Å². The van der Waals surface area contributed by atoms with Crippen molar-refractivity contribution >= 4 is 41.6 Å². The number of rotatable bonds is 12. The van der Waals surface area contributed by atoms with E-state index in [1.54, 1.807) is 20.8 Å². The van der Waals surface area contributed by atoms with Crippen LogP contribution < -0.4 is 31.9 Å². The van der Waals surface area contributed by atoms with E-state index >= 15 is 0 Å². The Bertz CT molecular complexity index is 1200. The quantitative estimate of drug-likeness (QED) is 0.143. The summed E-state index contributed by atoms with van der Waals surface area (Å²) in [5, 5.41) is 27.0. The molecule has 6 amide bonds. The number of carbonyl (C=O) groups excluding carboxylic acids is 7. The summed E-state index contributed by atoms with van der Waals surface area (Å²) in [5.41, 5.74) is -0.822. The Morgan fingerprint density at radius 3 is 2.23 bits per heavy atom. The first-order valence-electron chi connectivity index (χ1n) is 18.9. The number of carbonyl (C=O) groups is 7. The highest BCUT2D eigenvalue weighted by molar-refractivity contribution is 5.94. The number of aliphatic hydroxyl groups excluding tert-OH is 1. The van der Waals surface area contributed by atoms with E-state index in [1.165, 1.54) is 0 Å². The molecule has 1 heterocycles. The van der Waals surface area contributed by atoms with Gasteiger partial charge in [0.2, 0.25) is 23.6 Å². The molecule has 1 aliphatic carbocycles. The number of hydrogen-bond acceptors (Lipinski definition) is 10. The molecule has 0 radical (unpaired) electrons. The lowest BCUT2D eigenvalue weighted by atomic mass is 9.83. The molecule has 0 spiro atoms. The minimum absolute atomic E-state index is 0.117. The van der Waals surface area contributed by atoms with Crippen LogP contribution in [0.4, 0.5) is 4.79 Å². The third-order valence-electron chi connectivity index (χ3n) is 8.93. The van der Waals surface area contributed by atoms with E-state index in [0.717, 1.165) is 19.3 Å². The molecule has 16 nitrogen and oxygen atoms in total. The first kappa shape index (κ1) is 44.2. The number of ether oxygens (including phenoxy) is 2. The molecule has 7 N–H and O–H groups in total. The summed E-state index contributed by atoms with van der Waals surface area (Å²) < 4.78 is 10.3. The van der Waals surface area contributed by atoms with Crippen molar-refractivity contribution in [3.63, 3.8) is 0 Å². The third-order valence-corrected chi connectivity index (χ3v) is 8.93. The predicted molar refractivity (Wildman–Crippen MR) is 191 cm³/mol. The maximum Gasteiger partial charge on any atom is 0.408 e. The van der Waals surface area contributed by atoms with Gasteiger partial charge in [0.25, 0.3) is 5.91 Å². The number of esters is 1. The van der Waals surface area contributed by atoms with E-state index in [1.807, 2.05) is 13.8 Å². The zero-order chi connectivity index (χ0) is 38.7. The van der Waals surface area contributed by atoms with Crippen LogP contribution in [0.15, 0.2) is 0 Å². The van der Waals surface area contributed by atoms with Crippen LogP contribution in [0.2, 0.25) is 0 Å². The number of amides is 6. The van der Waals surface area contributed by atoms with Crippen LogP contribution in [0.3, 0.4) is 0 Å². The van der Waals surface area contributed by atoms with E-state index in [-0.39, 0.29) is 44.1 Å². The highest BCUT2D eigenvalue weighted by Crippen LogP contribution is 2.27. The predicted octanol–water partition coefficient (Wildman–Crippen LogP) is 1.62. The van der Waals surface area contributed by atoms with Crippen molar-refractivity contribution in [3.05, 3.63) is 0 Å². The average molecular weight is 739 g/mol. The Kier molecular flexibility index (Phi) is 19.4. The number of hydrogen-bond donors (Lipinski definition) is 7. The first-order chi connectivity index (χ1) is 24.6. The molecule has 0 aromatic heterocycles. The largest absolute Gasteiger partial charge is 0.464 e. The lowest BCUT2D eigenvalue weighted by Crippen LogP contribution is -2.60. The molecule has 0 aromatic carbocycles. The third kappa shape index (κ3) is 16.6. The summed E-state index contributed by atoms with van der Waals surface area (Å²) in [6, 6.07) is -4.25. The summed E-state index contributed by atoms with van der Waals surface area (Å²) in [7, 11) is 0. The van der Waals surface area contributed by atoms with Gasteiger partial charge in [-0.15, -0.1) is 0 Å². The fourth-order valence-corrected chi connectivity index (χ4v) is 6.24. The van der Waals surface area contributed by atoms with Gasteiger partial charge in [-0.3, -0.25) is 28.8 Å². The number of aliphatic hydroxyl groups is 1. The minimum Gasteiger partial charge on any atom is -0.464 e. The van der Waals surface area contributed by atoms with Crippen LogP contribution in [0.1, 0.15) is 125 Å². The van der Waals surface area contributed by atoms with E-state index in [9.17, 15) is 38.7 Å². The van der Waals surface area contributed by atoms with E-state index < -0.39 is 78.1 Å². The Morgan fingerprint density at radius 2 is 1.58 bits per heavy atom. The van der Waals surface area contributed by atoms with Crippen molar-refractivity contribution in [3.8, 4) is 0 Å². The molecule has 5 atom stereocenters. The van der Waals surface area contributed by atoms with Crippen LogP contribution in [0.25, 0.3) is 0 Å². The lowest BCUT2D eigenvalue weighted by Gasteiger charge is -2.33. The van der Waals surface area contributed by atoms with Crippen molar-refractivity contribution in [1.29, 1.82) is 0 Å². The van der Waals surface area contributed by atoms with Gasteiger partial charge < -0.3 is 46.5 Å². The van der Waals surface area contributed by atoms with Gasteiger partial charge >= 0.3 is 12.1 Å². The first-order valence-corrected chi connectivity index (χ1v) is 18.9. The molecule has 296 valence electrons. The van der Waals surface area contributed by atoms with Crippen LogP contribution in [-0.2, 0) is 38.2 Å². The molecule has 0 bridgehead atoms. The highest BCUT2D eigenvalue weighted by atomic mass is 16.6. The zero-order valence-electron chi connectivity index (χ0n) is 31.6. The normalized spacial score (nSPS) is 22.7. The maximum absolute atomic E-state index is 14.1. The standard InChI is InChI=1S/C36H62N6O10/c1-6-14-24(30(45)34(49)38-22-28(44)51-21-7-2)39-31(46)25-17-11-12-20-37-27(43)19-13-18-26(41-35(50)52-36(3,4)5)32(47)42-29(33(48)40-25)23-15-9-8-10-16-23/h23-26,29-30,45H,6-22H2,1-5H3,(H,37,43)(H,38,49)(H,39,46)(H,40,48)(H,41,50)(H,42,47)/t24?,25?,26-,29-,30?/m0/s1. The molecule has 16 heteroatoms. The Morgan fingerprint density at radius 1 is 0.885 bits per heavy atom. The van der Waals surface area contributed by atoms with E-state index in [4.69, 9.17) is 9.47 Å². The molecule has 2 rings (SSSR count). The van der Waals surface area contributed by atoms with Gasteiger partial charge in [0, 0.05) is 13.0 Å². The smallest absolute Gasteiger partial charge is 0.408 e. The topological polar surface area (TPSA) is 230 Å². The highest BCUT2D eigenvalue weighted by Gasteiger charge is 2.37. The van der Waals surface area contributed by atoms with Gasteiger partial charge in [-0.1, -0.05) is 39.5 Å². The van der Waals surface area contributed by atoms with E-state index in [0.29, 0.717) is 51.5 Å². The Hall–Kier alpha value is -3.95. The molecule has 2 aliphatic rings. The van der Waals surface area contributed by atoms with Crippen molar-refractivity contribution in [2.75, 3.05) is 19.7 Å². The molecule has 0 aromatic rings. The zero-order valence-corrected chi connectivity index (χ0v) is 31.6. The van der Waals surface area contributed by atoms with E-state index in [2.05, 4.69) is 31.9 Å². The molecule has 1 saturated carbocycles. The molecule has 3 unspecified atom stereocenters. The molecular formula is C36H62N6O10. The Labute approximate surface area is 307 Å². The summed E-state index contributed by atoms with van der Waals surface area (Å²) in [5.74, 6) is -3.78. The number of alkyl carbamates (subject to hydrolysis) is 1. The summed E-state index contributed by atoms with van der Waals surface area (Å²) >= 11 is 0. The lowest BCUT2D eigenvalue weighted by molar-refractivity contribution is -0.145. The van der Waals surface area contributed by atoms with Crippen molar-refractivity contribution in [2.24, 2.45) is 5.92 Å². The Balaban J connectivity index is 2.32. The van der Waals surface area contributed by atoms with Gasteiger partial charge in [0.15, 0.2) is 6.10 Å². The summed E-state index contributed by atoms with van der Waals surface area (Å²) in [6.07, 6.45) is 4.55. The van der Waals surface area contributed by atoms with Crippen LogP contribution in [0, 0.1) is 5.92 Å². The second kappa shape index (κ2) is 22.9. The van der Waals surface area contributed by atoms with Gasteiger partial charge in [-0.05, 0) is 84.5 Å². The summed E-state index contributed by atoms with van der Waals surface area (Å²) in [6.45, 7) is 8.80. The molecular weight excluding hydrogens is 676 g/mol. The maximum atomic E-state index is 14.1. The van der Waals surface area contributed by atoms with Crippen LogP contribution in [-0.4, -0.2) is 102 Å². The van der Waals surface area contributed by atoms with Crippen molar-refractivity contribution in [2.45, 2.75) is 160 Å². The fourth-order valence-electron chi connectivity index (χ4n) is 6.24. The summed E-state index contributed by atoms with van der Waals surface area (Å²) in [4.78, 5) is 91.5. The second-order valence-electron chi connectivity index (χ2n) is 14.7. The molecule has 1 aliphatic heterocycles. The average Bonchev–Trinajstić information content (AvgIpc) is 3.09. The SMILES string of the molecule is CCCOC(=O)CNC(=O)C(O)C(CCC)NC(=O)C1CCCCNC(=O)CCC[C@H](NC(=O)OC(C)(C)C)C(=O)N[C@@H](C2CCCCC2)C(=O)N1. The molecule has 2 fully saturated rings. The van der Waals surface area contributed by atoms with Gasteiger partial charge in [-0.25, -0.2) is 4.79 Å². The second-order valence-corrected chi connectivity index (χ2v) is 14.7.